The van der Waals surface area contributed by atoms with Gasteiger partial charge in [0.15, 0.2) is 0 Å². The van der Waals surface area contributed by atoms with Gasteiger partial charge in [0.05, 0.1) is 5.56 Å². The van der Waals surface area contributed by atoms with Crippen LogP contribution in [0.25, 0.3) is 0 Å². The lowest BCUT2D eigenvalue weighted by atomic mass is 10.0. The van der Waals surface area contributed by atoms with Crippen LogP contribution in [-0.2, 0) is 0 Å². The number of rotatable bonds is 5. The van der Waals surface area contributed by atoms with Crippen LogP contribution >= 0.6 is 0 Å². The predicted molar refractivity (Wildman–Crippen MR) is 81.8 cm³/mol. The first kappa shape index (κ1) is 14.8. The maximum atomic E-state index is 12.2. The van der Waals surface area contributed by atoms with Crippen LogP contribution in [0.3, 0.4) is 0 Å². The molecule has 110 valence electrons. The van der Waals surface area contributed by atoms with Crippen molar-refractivity contribution in [3.63, 3.8) is 0 Å². The normalized spacial score (nSPS) is 19.4. The Morgan fingerprint density at radius 1 is 1.25 bits per heavy atom. The molecule has 1 aromatic heterocycles. The standard InChI is InChI=1S/C16H25N3O/c1-6-9-17-12-8-7-11(10-18-12)13(20)19-14-15(2,3)16(14,4)5/h7-8,10,14H,6,9H2,1-5H3,(H,17,18)(H,19,20). The van der Waals surface area contributed by atoms with Crippen molar-refractivity contribution < 1.29 is 4.79 Å². The molecule has 1 aromatic rings. The van der Waals surface area contributed by atoms with E-state index >= 15 is 0 Å². The van der Waals surface area contributed by atoms with Gasteiger partial charge in [-0.1, -0.05) is 34.6 Å². The second-order valence-corrected chi connectivity index (χ2v) is 6.71. The molecule has 4 nitrogen and oxygen atoms in total. The molecule has 0 aliphatic heterocycles. The van der Waals surface area contributed by atoms with Gasteiger partial charge in [0.25, 0.3) is 5.91 Å². The molecule has 20 heavy (non-hydrogen) atoms. The van der Waals surface area contributed by atoms with E-state index in [-0.39, 0.29) is 22.8 Å². The molecule has 1 aliphatic carbocycles. The van der Waals surface area contributed by atoms with Crippen molar-refractivity contribution >= 4 is 11.7 Å². The third kappa shape index (κ3) is 2.51. The first-order chi connectivity index (χ1) is 9.30. The molecule has 0 radical (unpaired) electrons. The number of nitrogens with one attached hydrogen (secondary N) is 2. The molecule has 4 heteroatoms. The lowest BCUT2D eigenvalue weighted by Crippen LogP contribution is -2.29. The van der Waals surface area contributed by atoms with Crippen LogP contribution in [0, 0.1) is 10.8 Å². The molecule has 0 saturated heterocycles. The highest BCUT2D eigenvalue weighted by Gasteiger charge is 2.65. The summed E-state index contributed by atoms with van der Waals surface area (Å²) in [4.78, 5) is 16.5. The number of pyridine rings is 1. The van der Waals surface area contributed by atoms with E-state index < -0.39 is 0 Å². The number of hydrogen-bond acceptors (Lipinski definition) is 3. The van der Waals surface area contributed by atoms with Crippen molar-refractivity contribution in [2.75, 3.05) is 11.9 Å². The maximum absolute atomic E-state index is 12.2. The van der Waals surface area contributed by atoms with Crippen LogP contribution in [0.1, 0.15) is 51.4 Å². The zero-order chi connectivity index (χ0) is 15.0. The fraction of sp³-hybridized carbons (Fsp3) is 0.625. The largest absolute Gasteiger partial charge is 0.370 e. The highest BCUT2D eigenvalue weighted by molar-refractivity contribution is 5.94. The Bertz CT molecular complexity index is 477. The van der Waals surface area contributed by atoms with Crippen molar-refractivity contribution in [3.05, 3.63) is 23.9 Å². The fourth-order valence-electron chi connectivity index (χ4n) is 2.66. The first-order valence-corrected chi connectivity index (χ1v) is 7.31. The van der Waals surface area contributed by atoms with E-state index in [1.54, 1.807) is 6.20 Å². The van der Waals surface area contributed by atoms with Crippen LogP contribution < -0.4 is 10.6 Å². The van der Waals surface area contributed by atoms with E-state index in [1.807, 2.05) is 12.1 Å². The molecule has 0 spiro atoms. The summed E-state index contributed by atoms with van der Waals surface area (Å²) in [7, 11) is 0. The van der Waals surface area contributed by atoms with Crippen molar-refractivity contribution in [1.82, 2.24) is 10.3 Å². The molecule has 0 unspecified atom stereocenters. The fourth-order valence-corrected chi connectivity index (χ4v) is 2.66. The number of aromatic nitrogens is 1. The Morgan fingerprint density at radius 2 is 1.90 bits per heavy atom. The Labute approximate surface area is 121 Å². The maximum Gasteiger partial charge on any atom is 0.253 e. The number of hydrogen-bond donors (Lipinski definition) is 2. The van der Waals surface area contributed by atoms with Gasteiger partial charge in [-0.3, -0.25) is 4.79 Å². The molecule has 1 heterocycles. The van der Waals surface area contributed by atoms with E-state index in [0.29, 0.717) is 5.56 Å². The summed E-state index contributed by atoms with van der Waals surface area (Å²) in [6, 6.07) is 3.90. The lowest BCUT2D eigenvalue weighted by molar-refractivity contribution is 0.0943. The summed E-state index contributed by atoms with van der Waals surface area (Å²) in [5.74, 6) is 0.777. The molecule has 1 amide bonds. The number of anilines is 1. The molecule has 2 rings (SSSR count). The average molecular weight is 275 g/mol. The quantitative estimate of drug-likeness (QED) is 0.868. The summed E-state index contributed by atoms with van der Waals surface area (Å²) in [6.45, 7) is 11.8. The second-order valence-electron chi connectivity index (χ2n) is 6.71. The average Bonchev–Trinajstić information content (AvgIpc) is 2.79. The van der Waals surface area contributed by atoms with Crippen molar-refractivity contribution in [3.8, 4) is 0 Å². The molecule has 1 fully saturated rings. The molecular formula is C16H25N3O. The van der Waals surface area contributed by atoms with Crippen molar-refractivity contribution in [2.24, 2.45) is 10.8 Å². The molecule has 0 atom stereocenters. The molecule has 0 aromatic carbocycles. The molecule has 1 aliphatic rings. The van der Waals surface area contributed by atoms with Crippen LogP contribution in [0.4, 0.5) is 5.82 Å². The molecule has 2 N–H and O–H groups in total. The SMILES string of the molecule is CCCNc1ccc(C(=O)NC2C(C)(C)C2(C)C)cn1. The van der Waals surface area contributed by atoms with E-state index in [0.717, 1.165) is 18.8 Å². The monoisotopic (exact) mass is 275 g/mol. The van der Waals surface area contributed by atoms with Gasteiger partial charge in [-0.25, -0.2) is 4.98 Å². The number of amides is 1. The summed E-state index contributed by atoms with van der Waals surface area (Å²) in [5.41, 5.74) is 0.919. The zero-order valence-electron chi connectivity index (χ0n) is 13.1. The van der Waals surface area contributed by atoms with Crippen molar-refractivity contribution in [2.45, 2.75) is 47.1 Å². The van der Waals surface area contributed by atoms with Crippen LogP contribution in [0.15, 0.2) is 18.3 Å². The Hall–Kier alpha value is -1.58. The Balaban J connectivity index is 1.97. The van der Waals surface area contributed by atoms with Crippen LogP contribution in [-0.4, -0.2) is 23.5 Å². The van der Waals surface area contributed by atoms with Gasteiger partial charge in [-0.15, -0.1) is 0 Å². The van der Waals surface area contributed by atoms with Gasteiger partial charge in [-0.2, -0.15) is 0 Å². The smallest absolute Gasteiger partial charge is 0.253 e. The van der Waals surface area contributed by atoms with Crippen molar-refractivity contribution in [1.29, 1.82) is 0 Å². The number of carbonyl (C=O) groups is 1. The summed E-state index contributed by atoms with van der Waals surface area (Å²) < 4.78 is 0. The zero-order valence-corrected chi connectivity index (χ0v) is 13.1. The van der Waals surface area contributed by atoms with Gasteiger partial charge in [0, 0.05) is 18.8 Å². The molecular weight excluding hydrogens is 250 g/mol. The highest BCUT2D eigenvalue weighted by atomic mass is 16.1. The lowest BCUT2D eigenvalue weighted by Gasteiger charge is -2.08. The summed E-state index contributed by atoms with van der Waals surface area (Å²) >= 11 is 0. The molecule has 0 bridgehead atoms. The minimum atomic E-state index is -0.0387. The van der Waals surface area contributed by atoms with Gasteiger partial charge in [0.2, 0.25) is 0 Å². The van der Waals surface area contributed by atoms with Gasteiger partial charge >= 0.3 is 0 Å². The third-order valence-corrected chi connectivity index (χ3v) is 4.88. The minimum absolute atomic E-state index is 0.0387. The van der Waals surface area contributed by atoms with Gasteiger partial charge < -0.3 is 10.6 Å². The highest BCUT2D eigenvalue weighted by Crippen LogP contribution is 2.62. The van der Waals surface area contributed by atoms with Gasteiger partial charge in [0.1, 0.15) is 5.82 Å². The summed E-state index contributed by atoms with van der Waals surface area (Å²) in [5, 5.41) is 6.31. The summed E-state index contributed by atoms with van der Waals surface area (Å²) in [6.07, 6.45) is 2.69. The predicted octanol–water partition coefficient (Wildman–Crippen LogP) is 3.07. The van der Waals surface area contributed by atoms with E-state index in [2.05, 4.69) is 50.2 Å². The second kappa shape index (κ2) is 5.08. The first-order valence-electron chi connectivity index (χ1n) is 7.31. The van der Waals surface area contributed by atoms with E-state index in [1.165, 1.54) is 0 Å². The van der Waals surface area contributed by atoms with Crippen LogP contribution in [0.2, 0.25) is 0 Å². The third-order valence-electron chi connectivity index (χ3n) is 4.88. The van der Waals surface area contributed by atoms with Gasteiger partial charge in [-0.05, 0) is 29.4 Å². The molecule has 1 saturated carbocycles. The van der Waals surface area contributed by atoms with E-state index in [9.17, 15) is 4.79 Å². The Kier molecular flexibility index (Phi) is 3.76. The topological polar surface area (TPSA) is 54.0 Å². The van der Waals surface area contributed by atoms with Crippen LogP contribution in [0.5, 0.6) is 0 Å². The number of carbonyl (C=O) groups excluding carboxylic acids is 1. The Morgan fingerprint density at radius 3 is 2.35 bits per heavy atom. The minimum Gasteiger partial charge on any atom is -0.370 e. The number of nitrogens with zero attached hydrogens (tertiary/aromatic N) is 1. The van der Waals surface area contributed by atoms with E-state index in [4.69, 9.17) is 0 Å².